The number of carbonyl (C=O) groups is 1. The molecule has 0 spiro atoms. The number of hydrogen-bond acceptors (Lipinski definition) is 3. The molecule has 7 rings (SSSR count). The van der Waals surface area contributed by atoms with Crippen LogP contribution in [0.1, 0.15) is 45.5 Å². The SMILES string of the molecule is O=C([O-])C(O)(c1ccccc1)c1ccccc1.c1ccc(C(c2ccccc2)n2cc[n+](C(c3ccccc3)c3ccccc3)c2)cc1. The molecule has 0 aliphatic rings. The van der Waals surface area contributed by atoms with Gasteiger partial charge in [-0.15, -0.1) is 0 Å². The van der Waals surface area contributed by atoms with Gasteiger partial charge in [-0.3, -0.25) is 0 Å². The number of aliphatic hydroxyl groups is 1. The molecule has 0 fully saturated rings. The number of carboxylic acids is 1. The number of rotatable bonds is 9. The van der Waals surface area contributed by atoms with Crippen LogP contribution in [0, 0.1) is 0 Å². The van der Waals surface area contributed by atoms with Gasteiger partial charge in [-0.2, -0.15) is 0 Å². The second-order valence-electron chi connectivity index (χ2n) is 11.5. The van der Waals surface area contributed by atoms with E-state index in [0.717, 1.165) is 0 Å². The second-order valence-corrected chi connectivity index (χ2v) is 11.5. The lowest BCUT2D eigenvalue weighted by Gasteiger charge is -2.30. The first-order valence-electron chi connectivity index (χ1n) is 15.9. The molecular formula is C43H36N2O3. The van der Waals surface area contributed by atoms with Crippen LogP contribution < -0.4 is 9.67 Å². The Hall–Kier alpha value is -6.04. The van der Waals surface area contributed by atoms with E-state index in [0.29, 0.717) is 0 Å². The maximum Gasteiger partial charge on any atom is 0.245 e. The van der Waals surface area contributed by atoms with E-state index in [-0.39, 0.29) is 23.2 Å². The predicted octanol–water partition coefficient (Wildman–Crippen LogP) is 6.72. The van der Waals surface area contributed by atoms with E-state index in [2.05, 4.69) is 149 Å². The van der Waals surface area contributed by atoms with E-state index in [1.165, 1.54) is 22.3 Å². The average molecular weight is 629 g/mol. The highest BCUT2D eigenvalue weighted by molar-refractivity contribution is 5.81. The summed E-state index contributed by atoms with van der Waals surface area (Å²) < 4.78 is 4.62. The molecule has 236 valence electrons. The van der Waals surface area contributed by atoms with Crippen molar-refractivity contribution in [3.8, 4) is 0 Å². The van der Waals surface area contributed by atoms with Gasteiger partial charge in [0.2, 0.25) is 6.33 Å². The molecule has 7 aromatic rings. The molecule has 5 heteroatoms. The van der Waals surface area contributed by atoms with Crippen LogP contribution >= 0.6 is 0 Å². The Balaban J connectivity index is 0.000000200. The Bertz CT molecular complexity index is 1780. The summed E-state index contributed by atoms with van der Waals surface area (Å²) in [6.07, 6.45) is 6.60. The Morgan fingerprint density at radius 2 is 0.875 bits per heavy atom. The fraction of sp³-hybridized carbons (Fsp3) is 0.0698. The standard InChI is InChI=1S/C29H25N2.C14H12O3/c1-5-13-24(14-6-1)28(25-15-7-2-8-16-25)30-21-22-31(23-30)29(26-17-9-3-10-18-26)27-19-11-4-12-20-27;15-13(16)14(17,11-7-3-1-4-8-11)12-9-5-2-6-10-12/h1-23,28-29H;1-10,17H,(H,15,16)/q+1;/p-1. The Morgan fingerprint density at radius 1 is 0.542 bits per heavy atom. The van der Waals surface area contributed by atoms with Crippen LogP contribution in [0.25, 0.3) is 0 Å². The Labute approximate surface area is 281 Å². The molecule has 1 heterocycles. The Morgan fingerprint density at radius 3 is 1.23 bits per heavy atom. The number of carboxylic acid groups (broad SMARTS) is 1. The highest BCUT2D eigenvalue weighted by Gasteiger charge is 2.33. The van der Waals surface area contributed by atoms with Gasteiger partial charge in [0.15, 0.2) is 17.7 Å². The van der Waals surface area contributed by atoms with E-state index < -0.39 is 11.6 Å². The zero-order chi connectivity index (χ0) is 33.2. The van der Waals surface area contributed by atoms with Gasteiger partial charge >= 0.3 is 0 Å². The molecule has 0 bridgehead atoms. The molecule has 1 aromatic heterocycles. The van der Waals surface area contributed by atoms with Crippen molar-refractivity contribution in [1.82, 2.24) is 4.57 Å². The lowest BCUT2D eigenvalue weighted by atomic mass is 9.86. The van der Waals surface area contributed by atoms with Crippen molar-refractivity contribution in [3.63, 3.8) is 0 Å². The third kappa shape index (κ3) is 7.02. The second kappa shape index (κ2) is 15.0. The molecule has 0 amide bonds. The highest BCUT2D eigenvalue weighted by atomic mass is 16.4. The fourth-order valence-electron chi connectivity index (χ4n) is 6.07. The zero-order valence-electron chi connectivity index (χ0n) is 26.4. The van der Waals surface area contributed by atoms with Crippen LogP contribution in [0.3, 0.4) is 0 Å². The Kier molecular flexibility index (Phi) is 10.00. The smallest absolute Gasteiger partial charge is 0.245 e. The topological polar surface area (TPSA) is 69.2 Å². The number of imidazole rings is 1. The third-order valence-corrected chi connectivity index (χ3v) is 8.41. The summed E-state index contributed by atoms with van der Waals surface area (Å²) in [6.45, 7) is 0. The third-order valence-electron chi connectivity index (χ3n) is 8.41. The quantitative estimate of drug-likeness (QED) is 0.181. The van der Waals surface area contributed by atoms with Gasteiger partial charge in [0.1, 0.15) is 12.4 Å². The molecule has 1 N–H and O–H groups in total. The number of benzene rings is 6. The molecule has 0 aliphatic heterocycles. The molecular weight excluding hydrogens is 592 g/mol. The minimum absolute atomic E-state index is 0.121. The van der Waals surface area contributed by atoms with Crippen molar-refractivity contribution in [2.75, 3.05) is 0 Å². The summed E-state index contributed by atoms with van der Waals surface area (Å²) >= 11 is 0. The van der Waals surface area contributed by atoms with Gasteiger partial charge in [-0.25, -0.2) is 9.13 Å². The molecule has 0 saturated heterocycles. The normalized spacial score (nSPS) is 11.1. The lowest BCUT2D eigenvalue weighted by Crippen LogP contribution is -2.46. The molecule has 0 atom stereocenters. The summed E-state index contributed by atoms with van der Waals surface area (Å²) in [5, 5.41) is 21.6. The monoisotopic (exact) mass is 628 g/mol. The van der Waals surface area contributed by atoms with Crippen molar-refractivity contribution < 1.29 is 19.6 Å². The zero-order valence-corrected chi connectivity index (χ0v) is 26.4. The van der Waals surface area contributed by atoms with Crippen molar-refractivity contribution in [2.24, 2.45) is 0 Å². The average Bonchev–Trinajstić information content (AvgIpc) is 3.63. The predicted molar refractivity (Wildman–Crippen MR) is 186 cm³/mol. The van der Waals surface area contributed by atoms with Gasteiger partial charge < -0.3 is 15.0 Å². The van der Waals surface area contributed by atoms with E-state index >= 15 is 0 Å². The number of hydrogen-bond donors (Lipinski definition) is 1. The van der Waals surface area contributed by atoms with Crippen molar-refractivity contribution in [1.29, 1.82) is 0 Å². The molecule has 0 aliphatic carbocycles. The highest BCUT2D eigenvalue weighted by Crippen LogP contribution is 2.29. The van der Waals surface area contributed by atoms with Crippen LogP contribution in [-0.2, 0) is 10.4 Å². The van der Waals surface area contributed by atoms with E-state index in [4.69, 9.17) is 0 Å². The minimum Gasteiger partial charge on any atom is -0.546 e. The first-order chi connectivity index (χ1) is 23.6. The first-order valence-corrected chi connectivity index (χ1v) is 15.9. The summed E-state index contributed by atoms with van der Waals surface area (Å²) in [6, 6.07) is 59.5. The molecule has 0 radical (unpaired) electrons. The van der Waals surface area contributed by atoms with Gasteiger partial charge in [0.25, 0.3) is 0 Å². The van der Waals surface area contributed by atoms with E-state index in [1.807, 2.05) is 0 Å². The number of aromatic nitrogens is 2. The molecule has 5 nitrogen and oxygen atoms in total. The number of aliphatic carboxylic acids is 1. The van der Waals surface area contributed by atoms with Crippen LogP contribution in [0.2, 0.25) is 0 Å². The van der Waals surface area contributed by atoms with Crippen molar-refractivity contribution >= 4 is 5.97 Å². The van der Waals surface area contributed by atoms with Crippen LogP contribution in [-0.4, -0.2) is 15.6 Å². The summed E-state index contributed by atoms with van der Waals surface area (Å²) in [7, 11) is 0. The first kappa shape index (κ1) is 31.9. The molecule has 48 heavy (non-hydrogen) atoms. The fourth-order valence-corrected chi connectivity index (χ4v) is 6.07. The van der Waals surface area contributed by atoms with Crippen LogP contribution in [0.4, 0.5) is 0 Å². The number of carbonyl (C=O) groups excluding carboxylic acids is 1. The minimum atomic E-state index is -2.11. The van der Waals surface area contributed by atoms with E-state index in [1.54, 1.807) is 60.7 Å². The largest absolute Gasteiger partial charge is 0.546 e. The lowest BCUT2D eigenvalue weighted by molar-refractivity contribution is -0.704. The van der Waals surface area contributed by atoms with Gasteiger partial charge in [0.05, 0.1) is 5.97 Å². The number of nitrogens with zero attached hydrogens (tertiary/aromatic N) is 2. The van der Waals surface area contributed by atoms with E-state index in [9.17, 15) is 15.0 Å². The summed E-state index contributed by atoms with van der Waals surface area (Å²) in [5.74, 6) is -1.53. The summed E-state index contributed by atoms with van der Waals surface area (Å²) in [4.78, 5) is 11.3. The molecule has 6 aromatic carbocycles. The molecule has 0 saturated carbocycles. The van der Waals surface area contributed by atoms with Crippen molar-refractivity contribution in [2.45, 2.75) is 17.7 Å². The molecule has 0 unspecified atom stereocenters. The van der Waals surface area contributed by atoms with Gasteiger partial charge in [0, 0.05) is 22.3 Å². The van der Waals surface area contributed by atoms with Crippen LogP contribution in [0.5, 0.6) is 0 Å². The maximum atomic E-state index is 11.3. The maximum absolute atomic E-state index is 11.3. The summed E-state index contributed by atoms with van der Waals surface area (Å²) in [5.41, 5.74) is 3.54. The van der Waals surface area contributed by atoms with Crippen LogP contribution in [0.15, 0.2) is 201 Å². The van der Waals surface area contributed by atoms with Gasteiger partial charge in [-0.05, 0) is 11.1 Å². The van der Waals surface area contributed by atoms with Gasteiger partial charge in [-0.1, -0.05) is 182 Å². The van der Waals surface area contributed by atoms with Crippen molar-refractivity contribution in [3.05, 3.63) is 234 Å².